The molecule has 0 saturated carbocycles. The van der Waals surface area contributed by atoms with Gasteiger partial charge in [-0.05, 0) is 31.2 Å². The highest BCUT2D eigenvalue weighted by molar-refractivity contribution is 14.0. The average Bonchev–Trinajstić information content (AvgIpc) is 2.68. The highest BCUT2D eigenvalue weighted by Gasteiger charge is 2.22. The summed E-state index contributed by atoms with van der Waals surface area (Å²) >= 11 is 0. The van der Waals surface area contributed by atoms with E-state index in [4.69, 9.17) is 4.74 Å². The normalized spacial score (nSPS) is 15.2. The third-order valence-corrected chi connectivity index (χ3v) is 4.34. The Morgan fingerprint density at radius 2 is 1.96 bits per heavy atom. The van der Waals surface area contributed by atoms with Crippen molar-refractivity contribution in [3.63, 3.8) is 0 Å². The van der Waals surface area contributed by atoms with Crippen molar-refractivity contribution in [3.8, 4) is 5.75 Å². The van der Waals surface area contributed by atoms with E-state index >= 15 is 0 Å². The Kier molecular flexibility index (Phi) is 8.77. The summed E-state index contributed by atoms with van der Waals surface area (Å²) in [5, 5.41) is 3.29. The number of benzene rings is 1. The zero-order valence-corrected chi connectivity index (χ0v) is 17.8. The van der Waals surface area contributed by atoms with Crippen LogP contribution in [0.5, 0.6) is 5.75 Å². The maximum Gasteiger partial charge on any atom is 0.194 e. The molecule has 0 radical (unpaired) electrons. The SMILES string of the molecule is CCNC(=NCc1ncccc1F)N1CCC(Oc2ccccc2)CC1.I. The lowest BCUT2D eigenvalue weighted by Crippen LogP contribution is -2.47. The number of rotatable bonds is 5. The van der Waals surface area contributed by atoms with E-state index in [0.29, 0.717) is 5.69 Å². The molecule has 0 aliphatic carbocycles. The van der Waals surface area contributed by atoms with E-state index in [2.05, 4.69) is 20.2 Å². The molecule has 1 saturated heterocycles. The van der Waals surface area contributed by atoms with Crippen molar-refractivity contribution < 1.29 is 9.13 Å². The molecule has 0 unspecified atom stereocenters. The van der Waals surface area contributed by atoms with Gasteiger partial charge in [-0.15, -0.1) is 24.0 Å². The molecule has 3 rings (SSSR count). The van der Waals surface area contributed by atoms with Crippen LogP contribution in [-0.4, -0.2) is 41.6 Å². The monoisotopic (exact) mass is 484 g/mol. The molecule has 1 aromatic heterocycles. The van der Waals surface area contributed by atoms with Crippen LogP contribution in [0.15, 0.2) is 53.7 Å². The van der Waals surface area contributed by atoms with Crippen LogP contribution in [-0.2, 0) is 6.54 Å². The molecule has 2 aromatic rings. The molecule has 1 fully saturated rings. The van der Waals surface area contributed by atoms with Gasteiger partial charge in [-0.1, -0.05) is 18.2 Å². The van der Waals surface area contributed by atoms with Gasteiger partial charge in [0.1, 0.15) is 17.7 Å². The molecule has 0 spiro atoms. The number of pyridine rings is 1. The van der Waals surface area contributed by atoms with Crippen molar-refractivity contribution in [2.45, 2.75) is 32.4 Å². The Hall–Kier alpha value is -1.90. The van der Waals surface area contributed by atoms with Crippen LogP contribution in [0.25, 0.3) is 0 Å². The van der Waals surface area contributed by atoms with Crippen molar-refractivity contribution in [1.29, 1.82) is 0 Å². The predicted octanol–water partition coefficient (Wildman–Crippen LogP) is 3.85. The smallest absolute Gasteiger partial charge is 0.194 e. The minimum atomic E-state index is -0.318. The molecule has 1 aromatic carbocycles. The molecule has 0 atom stereocenters. The lowest BCUT2D eigenvalue weighted by molar-refractivity contribution is 0.129. The summed E-state index contributed by atoms with van der Waals surface area (Å²) in [4.78, 5) is 10.8. The summed E-state index contributed by atoms with van der Waals surface area (Å²) in [6.45, 7) is 4.74. The second-order valence-corrected chi connectivity index (χ2v) is 6.22. The summed E-state index contributed by atoms with van der Waals surface area (Å²) in [6.07, 6.45) is 3.66. The van der Waals surface area contributed by atoms with Crippen LogP contribution < -0.4 is 10.1 Å². The molecule has 146 valence electrons. The molecule has 1 N–H and O–H groups in total. The third-order valence-electron chi connectivity index (χ3n) is 4.34. The second-order valence-electron chi connectivity index (χ2n) is 6.22. The van der Waals surface area contributed by atoms with E-state index in [1.165, 1.54) is 6.07 Å². The number of ether oxygens (including phenoxy) is 1. The standard InChI is InChI=1S/C20H25FN4O.HI/c1-2-22-20(24-15-19-18(21)9-6-12-23-19)25-13-10-17(11-14-25)26-16-7-4-3-5-8-16;/h3-9,12,17H,2,10-11,13-15H2,1H3,(H,22,24);1H. The van der Waals surface area contributed by atoms with Crippen molar-refractivity contribution in [3.05, 3.63) is 60.2 Å². The summed E-state index contributed by atoms with van der Waals surface area (Å²) in [5.41, 5.74) is 0.366. The number of nitrogens with zero attached hydrogens (tertiary/aromatic N) is 3. The van der Waals surface area contributed by atoms with Crippen molar-refractivity contribution in [1.82, 2.24) is 15.2 Å². The highest BCUT2D eigenvalue weighted by Crippen LogP contribution is 2.18. The fourth-order valence-electron chi connectivity index (χ4n) is 2.99. The van der Waals surface area contributed by atoms with Gasteiger partial charge in [0.25, 0.3) is 0 Å². The van der Waals surface area contributed by atoms with Crippen LogP contribution >= 0.6 is 24.0 Å². The Bertz CT molecular complexity index is 721. The lowest BCUT2D eigenvalue weighted by Gasteiger charge is -2.34. The Morgan fingerprint density at radius 1 is 1.22 bits per heavy atom. The third kappa shape index (κ3) is 6.34. The predicted molar refractivity (Wildman–Crippen MR) is 116 cm³/mol. The minimum Gasteiger partial charge on any atom is -0.490 e. The number of hydrogen-bond donors (Lipinski definition) is 1. The summed E-state index contributed by atoms with van der Waals surface area (Å²) in [6, 6.07) is 12.9. The first kappa shape index (κ1) is 21.4. The minimum absolute atomic E-state index is 0. The van der Waals surface area contributed by atoms with Gasteiger partial charge in [-0.25, -0.2) is 9.38 Å². The van der Waals surface area contributed by atoms with Gasteiger partial charge in [0.15, 0.2) is 5.96 Å². The zero-order chi connectivity index (χ0) is 18.2. The lowest BCUT2D eigenvalue weighted by atomic mass is 10.1. The van der Waals surface area contributed by atoms with E-state index in [1.807, 2.05) is 37.3 Å². The van der Waals surface area contributed by atoms with Crippen LogP contribution in [0.3, 0.4) is 0 Å². The number of halogens is 2. The highest BCUT2D eigenvalue weighted by atomic mass is 127. The van der Waals surface area contributed by atoms with E-state index in [0.717, 1.165) is 44.2 Å². The van der Waals surface area contributed by atoms with Crippen molar-refractivity contribution in [2.75, 3.05) is 19.6 Å². The molecular formula is C20H26FIN4O. The van der Waals surface area contributed by atoms with Crippen molar-refractivity contribution in [2.24, 2.45) is 4.99 Å². The quantitative estimate of drug-likeness (QED) is 0.398. The van der Waals surface area contributed by atoms with Gasteiger partial charge in [0, 0.05) is 38.7 Å². The molecule has 0 bridgehead atoms. The summed E-state index contributed by atoms with van der Waals surface area (Å²) in [7, 11) is 0. The van der Waals surface area contributed by atoms with Gasteiger partial charge >= 0.3 is 0 Å². The zero-order valence-electron chi connectivity index (χ0n) is 15.5. The van der Waals surface area contributed by atoms with Crippen LogP contribution in [0.2, 0.25) is 0 Å². The molecule has 1 aliphatic rings. The second kappa shape index (κ2) is 11.1. The Labute approximate surface area is 177 Å². The molecule has 1 aliphatic heterocycles. The number of guanidine groups is 1. The van der Waals surface area contributed by atoms with Gasteiger partial charge in [-0.2, -0.15) is 0 Å². The number of nitrogens with one attached hydrogen (secondary N) is 1. The maximum atomic E-state index is 13.7. The van der Waals surface area contributed by atoms with E-state index in [1.54, 1.807) is 12.3 Å². The topological polar surface area (TPSA) is 49.8 Å². The first-order chi connectivity index (χ1) is 12.8. The molecule has 2 heterocycles. The number of piperidine rings is 1. The van der Waals surface area contributed by atoms with Gasteiger partial charge in [0.05, 0.1) is 12.2 Å². The van der Waals surface area contributed by atoms with E-state index < -0.39 is 0 Å². The largest absolute Gasteiger partial charge is 0.490 e. The number of para-hydroxylation sites is 1. The van der Waals surface area contributed by atoms with Gasteiger partial charge in [-0.3, -0.25) is 4.98 Å². The van der Waals surface area contributed by atoms with Crippen molar-refractivity contribution >= 4 is 29.9 Å². The fourth-order valence-corrected chi connectivity index (χ4v) is 2.99. The molecule has 27 heavy (non-hydrogen) atoms. The Morgan fingerprint density at radius 3 is 2.63 bits per heavy atom. The number of aromatic nitrogens is 1. The van der Waals surface area contributed by atoms with E-state index in [9.17, 15) is 4.39 Å². The summed E-state index contributed by atoms with van der Waals surface area (Å²) in [5.74, 6) is 1.40. The summed E-state index contributed by atoms with van der Waals surface area (Å²) < 4.78 is 19.8. The Balaban J connectivity index is 0.00000261. The first-order valence-corrected chi connectivity index (χ1v) is 9.10. The number of likely N-dealkylation sites (tertiary alicyclic amines) is 1. The van der Waals surface area contributed by atoms with E-state index in [-0.39, 0.29) is 42.4 Å². The maximum absolute atomic E-state index is 13.7. The van der Waals surface area contributed by atoms with Crippen LogP contribution in [0, 0.1) is 5.82 Å². The number of hydrogen-bond acceptors (Lipinski definition) is 3. The van der Waals surface area contributed by atoms with Crippen LogP contribution in [0.1, 0.15) is 25.5 Å². The molecule has 0 amide bonds. The average molecular weight is 484 g/mol. The van der Waals surface area contributed by atoms with Gasteiger partial charge < -0.3 is 15.0 Å². The van der Waals surface area contributed by atoms with Crippen LogP contribution in [0.4, 0.5) is 4.39 Å². The molecule has 5 nitrogen and oxygen atoms in total. The molecule has 7 heteroatoms. The first-order valence-electron chi connectivity index (χ1n) is 9.10. The molecular weight excluding hydrogens is 458 g/mol. The number of aliphatic imine (C=N–C) groups is 1. The van der Waals surface area contributed by atoms with Gasteiger partial charge in [0.2, 0.25) is 0 Å². The fraction of sp³-hybridized carbons (Fsp3) is 0.400.